The Balaban J connectivity index is 1.93. The lowest BCUT2D eigenvalue weighted by Crippen LogP contribution is -2.02. The van der Waals surface area contributed by atoms with Crippen molar-refractivity contribution in [2.45, 2.75) is 12.1 Å². The van der Waals surface area contributed by atoms with Crippen molar-refractivity contribution in [1.82, 2.24) is 0 Å². The molecule has 0 radical (unpaired) electrons. The van der Waals surface area contributed by atoms with Crippen molar-refractivity contribution in [3.8, 4) is 0 Å². The zero-order valence-corrected chi connectivity index (χ0v) is 12.4. The fraction of sp³-hybridized carbons (Fsp3) is 0.143. The van der Waals surface area contributed by atoms with E-state index in [1.54, 1.807) is 0 Å². The predicted molar refractivity (Wildman–Crippen MR) is 78.9 cm³/mol. The normalized spacial score (nSPS) is 10.5. The molecule has 0 saturated carbocycles. The minimum absolute atomic E-state index is 0.197. The topological polar surface area (TPSA) is 0 Å². The molecule has 0 aliphatic carbocycles. The first-order chi connectivity index (χ1) is 8.27. The number of halogens is 2. The predicted octanol–water partition coefficient (Wildman–Crippen LogP) is 3.86. The second-order valence-corrected chi connectivity index (χ2v) is 6.56. The van der Waals surface area contributed by atoms with Crippen LogP contribution in [-0.4, -0.2) is 9.52 Å². The highest BCUT2D eigenvalue weighted by atomic mass is 35.5. The molecule has 0 aliphatic heterocycles. The molecule has 2 aromatic carbocycles. The van der Waals surface area contributed by atoms with E-state index in [2.05, 4.69) is 12.1 Å². The first-order valence-corrected chi connectivity index (χ1v) is 8.50. The Bertz CT molecular complexity index is 452. The SMILES string of the molecule is Clc1ccccc1C[SiH2]Cc1ccccc1Cl. The summed E-state index contributed by atoms with van der Waals surface area (Å²) in [6, 6.07) is 18.4. The summed E-state index contributed by atoms with van der Waals surface area (Å²) in [6.45, 7) is 0. The van der Waals surface area contributed by atoms with Crippen molar-refractivity contribution >= 4 is 32.7 Å². The van der Waals surface area contributed by atoms with Gasteiger partial charge in [-0.05, 0) is 35.3 Å². The Morgan fingerprint density at radius 2 is 1.12 bits per heavy atom. The second-order valence-electron chi connectivity index (χ2n) is 4.04. The zero-order valence-electron chi connectivity index (χ0n) is 9.50. The van der Waals surface area contributed by atoms with Crippen molar-refractivity contribution in [1.29, 1.82) is 0 Å². The summed E-state index contributed by atoms with van der Waals surface area (Å²) in [7, 11) is -0.197. The summed E-state index contributed by atoms with van der Waals surface area (Å²) in [4.78, 5) is 0. The van der Waals surface area contributed by atoms with Crippen LogP contribution in [0, 0.1) is 0 Å². The quantitative estimate of drug-likeness (QED) is 0.746. The monoisotopic (exact) mass is 280 g/mol. The number of hydrogen-bond donors (Lipinski definition) is 0. The largest absolute Gasteiger partial charge is 0.0841 e. The third-order valence-corrected chi connectivity index (χ3v) is 5.33. The lowest BCUT2D eigenvalue weighted by molar-refractivity contribution is 1.30. The summed E-state index contributed by atoms with van der Waals surface area (Å²) < 4.78 is 0. The molecule has 2 rings (SSSR count). The standard InChI is InChI=1S/C14H14Cl2Si/c15-13-7-3-1-5-11(13)9-17-10-12-6-2-4-8-14(12)16/h1-8H,9-10,17H2. The van der Waals surface area contributed by atoms with Gasteiger partial charge in [-0.1, -0.05) is 59.6 Å². The molecule has 0 aliphatic rings. The Labute approximate surface area is 114 Å². The zero-order chi connectivity index (χ0) is 12.1. The molecule has 0 amide bonds. The van der Waals surface area contributed by atoms with Gasteiger partial charge in [0.1, 0.15) is 0 Å². The van der Waals surface area contributed by atoms with Crippen molar-refractivity contribution in [2.75, 3.05) is 0 Å². The van der Waals surface area contributed by atoms with E-state index in [-0.39, 0.29) is 9.52 Å². The van der Waals surface area contributed by atoms with E-state index in [9.17, 15) is 0 Å². The smallest absolute Gasteiger partial charge is 0.0434 e. The van der Waals surface area contributed by atoms with Gasteiger partial charge in [0.15, 0.2) is 0 Å². The first kappa shape index (κ1) is 12.7. The van der Waals surface area contributed by atoms with Gasteiger partial charge in [-0.3, -0.25) is 0 Å². The van der Waals surface area contributed by atoms with E-state index in [0.717, 1.165) is 22.1 Å². The van der Waals surface area contributed by atoms with Crippen LogP contribution in [0.25, 0.3) is 0 Å². The van der Waals surface area contributed by atoms with Crippen molar-refractivity contribution in [2.24, 2.45) is 0 Å². The van der Waals surface area contributed by atoms with E-state index < -0.39 is 0 Å². The molecular formula is C14H14Cl2Si. The number of benzene rings is 2. The van der Waals surface area contributed by atoms with Gasteiger partial charge in [0.25, 0.3) is 0 Å². The Morgan fingerprint density at radius 3 is 1.53 bits per heavy atom. The molecule has 0 heterocycles. The average Bonchev–Trinajstić information content (AvgIpc) is 2.34. The van der Waals surface area contributed by atoms with Gasteiger partial charge in [-0.2, -0.15) is 0 Å². The summed E-state index contributed by atoms with van der Waals surface area (Å²) in [5, 5.41) is 1.78. The van der Waals surface area contributed by atoms with Gasteiger partial charge in [0.2, 0.25) is 0 Å². The van der Waals surface area contributed by atoms with Crippen molar-refractivity contribution in [3.05, 3.63) is 69.7 Å². The first-order valence-electron chi connectivity index (χ1n) is 5.74. The van der Waals surface area contributed by atoms with Crippen LogP contribution in [0.4, 0.5) is 0 Å². The van der Waals surface area contributed by atoms with E-state index in [0.29, 0.717) is 0 Å². The van der Waals surface area contributed by atoms with Crippen LogP contribution in [-0.2, 0) is 12.1 Å². The highest BCUT2D eigenvalue weighted by Gasteiger charge is 2.02. The van der Waals surface area contributed by atoms with Crippen LogP contribution in [0.15, 0.2) is 48.5 Å². The van der Waals surface area contributed by atoms with E-state index >= 15 is 0 Å². The van der Waals surface area contributed by atoms with Gasteiger partial charge in [0.05, 0.1) is 0 Å². The molecule has 0 atom stereocenters. The van der Waals surface area contributed by atoms with Crippen LogP contribution in [0.5, 0.6) is 0 Å². The summed E-state index contributed by atoms with van der Waals surface area (Å²) >= 11 is 12.3. The van der Waals surface area contributed by atoms with Gasteiger partial charge >= 0.3 is 0 Å². The third-order valence-electron chi connectivity index (χ3n) is 2.81. The molecule has 0 aromatic heterocycles. The Kier molecular flexibility index (Phi) is 4.66. The average molecular weight is 281 g/mol. The maximum atomic E-state index is 6.13. The van der Waals surface area contributed by atoms with E-state index in [1.165, 1.54) is 11.1 Å². The molecule has 0 unspecified atom stereocenters. The second kappa shape index (κ2) is 6.25. The fourth-order valence-corrected chi connectivity index (χ4v) is 4.46. The molecule has 0 nitrogen and oxygen atoms in total. The minimum Gasteiger partial charge on any atom is -0.0841 e. The Morgan fingerprint density at radius 1 is 0.706 bits per heavy atom. The molecule has 88 valence electrons. The molecule has 0 N–H and O–H groups in total. The molecule has 0 saturated heterocycles. The van der Waals surface area contributed by atoms with Crippen LogP contribution < -0.4 is 0 Å². The van der Waals surface area contributed by atoms with Gasteiger partial charge in [-0.25, -0.2) is 0 Å². The lowest BCUT2D eigenvalue weighted by Gasteiger charge is -2.05. The molecule has 2 aromatic rings. The number of hydrogen-bond acceptors (Lipinski definition) is 0. The molecule has 0 fully saturated rings. The van der Waals surface area contributed by atoms with E-state index in [4.69, 9.17) is 23.2 Å². The molecule has 3 heteroatoms. The fourth-order valence-electron chi connectivity index (χ4n) is 1.87. The van der Waals surface area contributed by atoms with Crippen LogP contribution in [0.2, 0.25) is 10.0 Å². The Hall–Kier alpha value is -0.763. The highest BCUT2D eigenvalue weighted by molar-refractivity contribution is 6.38. The van der Waals surface area contributed by atoms with Crippen molar-refractivity contribution in [3.63, 3.8) is 0 Å². The van der Waals surface area contributed by atoms with Gasteiger partial charge in [-0.15, -0.1) is 0 Å². The van der Waals surface area contributed by atoms with Crippen LogP contribution in [0.3, 0.4) is 0 Å². The van der Waals surface area contributed by atoms with Gasteiger partial charge < -0.3 is 0 Å². The maximum Gasteiger partial charge on any atom is 0.0434 e. The number of rotatable bonds is 4. The van der Waals surface area contributed by atoms with Crippen molar-refractivity contribution < 1.29 is 0 Å². The molecule has 0 bridgehead atoms. The van der Waals surface area contributed by atoms with Gasteiger partial charge in [0, 0.05) is 19.6 Å². The maximum absolute atomic E-state index is 6.13. The van der Waals surface area contributed by atoms with Crippen LogP contribution in [0.1, 0.15) is 11.1 Å². The molecule has 0 spiro atoms. The minimum atomic E-state index is -0.197. The summed E-state index contributed by atoms with van der Waals surface area (Å²) in [5.74, 6) is 0. The highest BCUT2D eigenvalue weighted by Crippen LogP contribution is 2.17. The summed E-state index contributed by atoms with van der Waals surface area (Å²) in [6.07, 6.45) is 0. The third kappa shape index (κ3) is 3.60. The lowest BCUT2D eigenvalue weighted by atomic mass is 10.2. The summed E-state index contributed by atoms with van der Waals surface area (Å²) in [5.41, 5.74) is 2.54. The molecule has 17 heavy (non-hydrogen) atoms. The van der Waals surface area contributed by atoms with E-state index in [1.807, 2.05) is 36.4 Å². The molecular weight excluding hydrogens is 267 g/mol. The van der Waals surface area contributed by atoms with Crippen LogP contribution >= 0.6 is 23.2 Å².